The lowest BCUT2D eigenvalue weighted by molar-refractivity contribution is -0.116. The summed E-state index contributed by atoms with van der Waals surface area (Å²) >= 11 is 5.20. The van der Waals surface area contributed by atoms with Gasteiger partial charge in [-0.15, -0.1) is 11.6 Å². The summed E-state index contributed by atoms with van der Waals surface area (Å²) in [4.78, 5) is 9.92. The first kappa shape index (κ1) is 6.76. The van der Waals surface area contributed by atoms with E-state index in [9.17, 15) is 4.79 Å². The Morgan fingerprint density at radius 1 is 1.86 bits per heavy atom. The number of carbonyl (C=O) groups is 1. The van der Waals surface area contributed by atoms with E-state index in [4.69, 9.17) is 11.6 Å². The molecule has 0 spiro atoms. The van der Waals surface area contributed by atoms with Crippen molar-refractivity contribution in [2.24, 2.45) is 0 Å². The molecular formula is C4H7ClNO. The van der Waals surface area contributed by atoms with Crippen LogP contribution in [0.15, 0.2) is 0 Å². The van der Waals surface area contributed by atoms with Gasteiger partial charge in [-0.2, -0.15) is 0 Å². The maximum Gasteiger partial charge on any atom is 0.220 e. The fourth-order valence-corrected chi connectivity index (χ4v) is 0.281. The zero-order valence-electron chi connectivity index (χ0n) is 3.91. The van der Waals surface area contributed by atoms with Crippen LogP contribution in [0.5, 0.6) is 0 Å². The van der Waals surface area contributed by atoms with Crippen molar-refractivity contribution in [1.29, 1.82) is 0 Å². The SMILES string of the molecule is [CH2]C(=O)NCCCl. The zero-order chi connectivity index (χ0) is 5.70. The highest BCUT2D eigenvalue weighted by atomic mass is 35.5. The predicted molar refractivity (Wildman–Crippen MR) is 29.1 cm³/mol. The first-order chi connectivity index (χ1) is 3.27. The van der Waals surface area contributed by atoms with Crippen LogP contribution in [0.4, 0.5) is 0 Å². The molecule has 2 nitrogen and oxygen atoms in total. The summed E-state index contributed by atoms with van der Waals surface area (Å²) in [6.07, 6.45) is 0. The Bertz CT molecular complexity index is 64.7. The van der Waals surface area contributed by atoms with E-state index in [0.29, 0.717) is 12.4 Å². The number of rotatable bonds is 2. The summed E-state index contributed by atoms with van der Waals surface area (Å²) in [6, 6.07) is 0. The lowest BCUT2D eigenvalue weighted by Gasteiger charge is -1.92. The Labute approximate surface area is 47.8 Å². The second kappa shape index (κ2) is 3.93. The fraction of sp³-hybridized carbons (Fsp3) is 0.500. The molecule has 3 heteroatoms. The summed E-state index contributed by atoms with van der Waals surface area (Å²) in [6.45, 7) is 3.57. The molecule has 0 aliphatic heterocycles. The minimum Gasteiger partial charge on any atom is -0.355 e. The Morgan fingerprint density at radius 3 is 2.57 bits per heavy atom. The topological polar surface area (TPSA) is 29.1 Å². The van der Waals surface area contributed by atoms with Crippen LogP contribution in [0.3, 0.4) is 0 Å². The van der Waals surface area contributed by atoms with Crippen molar-refractivity contribution in [2.75, 3.05) is 12.4 Å². The molecule has 0 saturated heterocycles. The number of halogens is 1. The van der Waals surface area contributed by atoms with Crippen molar-refractivity contribution in [3.63, 3.8) is 0 Å². The van der Waals surface area contributed by atoms with Gasteiger partial charge in [0.25, 0.3) is 0 Å². The number of amides is 1. The Hall–Kier alpha value is -0.240. The molecule has 0 heterocycles. The highest BCUT2D eigenvalue weighted by molar-refractivity contribution is 6.18. The molecule has 0 fully saturated rings. The standard InChI is InChI=1S/C4H7ClNO/c1-4(7)6-3-2-5/h1-3H2,(H,6,7). The monoisotopic (exact) mass is 120 g/mol. The van der Waals surface area contributed by atoms with Crippen LogP contribution in [0.2, 0.25) is 0 Å². The van der Waals surface area contributed by atoms with Gasteiger partial charge >= 0.3 is 0 Å². The average Bonchev–Trinajstić information content (AvgIpc) is 1.61. The van der Waals surface area contributed by atoms with E-state index in [-0.39, 0.29) is 5.91 Å². The van der Waals surface area contributed by atoms with Gasteiger partial charge in [0.2, 0.25) is 5.91 Å². The lowest BCUT2D eigenvalue weighted by Crippen LogP contribution is -2.21. The smallest absolute Gasteiger partial charge is 0.220 e. The van der Waals surface area contributed by atoms with Crippen LogP contribution in [-0.4, -0.2) is 18.3 Å². The first-order valence-electron chi connectivity index (χ1n) is 1.93. The molecule has 0 rings (SSSR count). The summed E-state index contributed by atoms with van der Waals surface area (Å²) in [5.74, 6) is 0.169. The highest BCUT2D eigenvalue weighted by Crippen LogP contribution is 1.67. The van der Waals surface area contributed by atoms with E-state index < -0.39 is 0 Å². The van der Waals surface area contributed by atoms with Gasteiger partial charge in [-0.25, -0.2) is 0 Å². The molecule has 7 heavy (non-hydrogen) atoms. The van der Waals surface area contributed by atoms with Gasteiger partial charge in [0.05, 0.1) is 0 Å². The van der Waals surface area contributed by atoms with Gasteiger partial charge in [-0.1, -0.05) is 0 Å². The summed E-state index contributed by atoms with van der Waals surface area (Å²) in [7, 11) is 0. The maximum atomic E-state index is 9.92. The van der Waals surface area contributed by atoms with Crippen LogP contribution in [0.25, 0.3) is 0 Å². The molecule has 1 amide bonds. The maximum absolute atomic E-state index is 9.92. The second-order valence-corrected chi connectivity index (χ2v) is 1.42. The minimum atomic E-state index is -0.277. The Kier molecular flexibility index (Phi) is 3.80. The molecule has 0 bridgehead atoms. The van der Waals surface area contributed by atoms with Crippen molar-refractivity contribution in [2.45, 2.75) is 0 Å². The van der Waals surface area contributed by atoms with Crippen molar-refractivity contribution in [3.8, 4) is 0 Å². The average molecular weight is 121 g/mol. The van der Waals surface area contributed by atoms with E-state index in [0.717, 1.165) is 0 Å². The third-order valence-corrected chi connectivity index (χ3v) is 0.606. The first-order valence-corrected chi connectivity index (χ1v) is 2.46. The predicted octanol–water partition coefficient (Wildman–Crippen LogP) is 0.175. The van der Waals surface area contributed by atoms with Gasteiger partial charge in [0.15, 0.2) is 0 Å². The molecule has 41 valence electrons. The molecule has 1 radical (unpaired) electrons. The third kappa shape index (κ3) is 5.76. The Morgan fingerprint density at radius 2 is 2.43 bits per heavy atom. The van der Waals surface area contributed by atoms with E-state index >= 15 is 0 Å². The van der Waals surface area contributed by atoms with Crippen LogP contribution < -0.4 is 5.32 Å². The molecule has 0 aromatic heterocycles. The summed E-state index contributed by atoms with van der Waals surface area (Å²) < 4.78 is 0. The van der Waals surface area contributed by atoms with Gasteiger partial charge in [0.1, 0.15) is 0 Å². The molecule has 0 atom stereocenters. The van der Waals surface area contributed by atoms with Crippen molar-refractivity contribution in [1.82, 2.24) is 5.32 Å². The van der Waals surface area contributed by atoms with E-state index in [1.807, 2.05) is 0 Å². The van der Waals surface area contributed by atoms with Crippen molar-refractivity contribution in [3.05, 3.63) is 6.92 Å². The molecule has 0 saturated carbocycles. The minimum absolute atomic E-state index is 0.277. The normalized spacial score (nSPS) is 8.29. The second-order valence-electron chi connectivity index (χ2n) is 1.04. The number of hydrogen-bond acceptors (Lipinski definition) is 1. The van der Waals surface area contributed by atoms with E-state index in [1.165, 1.54) is 0 Å². The molecular weight excluding hydrogens is 114 g/mol. The summed E-state index contributed by atoms with van der Waals surface area (Å²) in [5.41, 5.74) is 0. The molecule has 0 aliphatic rings. The largest absolute Gasteiger partial charge is 0.355 e. The van der Waals surface area contributed by atoms with Crippen molar-refractivity contribution < 1.29 is 4.79 Å². The zero-order valence-corrected chi connectivity index (χ0v) is 4.66. The van der Waals surface area contributed by atoms with Gasteiger partial charge in [-0.05, 0) is 0 Å². The van der Waals surface area contributed by atoms with Crippen LogP contribution in [0.1, 0.15) is 0 Å². The molecule has 0 unspecified atom stereocenters. The van der Waals surface area contributed by atoms with Crippen LogP contribution in [0, 0.1) is 6.92 Å². The number of carbonyl (C=O) groups excluding carboxylic acids is 1. The fourth-order valence-electron chi connectivity index (χ4n) is 0.187. The quantitative estimate of drug-likeness (QED) is 0.518. The number of alkyl halides is 1. The third-order valence-electron chi connectivity index (χ3n) is 0.417. The molecule has 0 aliphatic carbocycles. The van der Waals surface area contributed by atoms with Crippen molar-refractivity contribution >= 4 is 17.5 Å². The summed E-state index contributed by atoms with van der Waals surface area (Å²) in [5, 5.41) is 2.41. The highest BCUT2D eigenvalue weighted by Gasteiger charge is 1.84. The number of nitrogens with one attached hydrogen (secondary N) is 1. The van der Waals surface area contributed by atoms with Gasteiger partial charge in [-0.3, -0.25) is 4.79 Å². The molecule has 0 aromatic rings. The molecule has 1 N–H and O–H groups in total. The van der Waals surface area contributed by atoms with E-state index in [2.05, 4.69) is 12.2 Å². The Balaban J connectivity index is 2.82. The van der Waals surface area contributed by atoms with Gasteiger partial charge < -0.3 is 5.32 Å². The van der Waals surface area contributed by atoms with Crippen LogP contribution >= 0.6 is 11.6 Å². The van der Waals surface area contributed by atoms with E-state index in [1.54, 1.807) is 0 Å². The number of hydrogen-bond donors (Lipinski definition) is 1. The van der Waals surface area contributed by atoms with Crippen LogP contribution in [-0.2, 0) is 4.79 Å². The lowest BCUT2D eigenvalue weighted by atomic mass is 10.6. The molecule has 0 aromatic carbocycles. The van der Waals surface area contributed by atoms with Gasteiger partial charge in [0, 0.05) is 19.3 Å².